The highest BCUT2D eigenvalue weighted by atomic mass is 15.2. The first-order chi connectivity index (χ1) is 14.3. The molecule has 1 saturated carbocycles. The molecule has 0 saturated heterocycles. The largest absolute Gasteiger partial charge is 0.159 e. The minimum atomic E-state index is 0.743. The molecule has 1 aliphatic carbocycles. The highest BCUT2D eigenvalue weighted by molar-refractivity contribution is 5.82. The van der Waals surface area contributed by atoms with Crippen molar-refractivity contribution in [2.75, 3.05) is 0 Å². The van der Waals surface area contributed by atoms with E-state index in [0.29, 0.717) is 0 Å². The van der Waals surface area contributed by atoms with Gasteiger partial charge < -0.3 is 0 Å². The summed E-state index contributed by atoms with van der Waals surface area (Å²) in [6.07, 6.45) is 15.8. The smallest absolute Gasteiger partial charge is 0.0568 e. The number of benzene rings is 2. The van der Waals surface area contributed by atoms with Crippen molar-refractivity contribution in [2.24, 2.45) is 16.1 Å². The van der Waals surface area contributed by atoms with Gasteiger partial charge in [-0.25, -0.2) is 0 Å². The third-order valence-electron chi connectivity index (χ3n) is 6.34. The second-order valence-electron chi connectivity index (χ2n) is 8.46. The molecule has 3 rings (SSSR count). The Morgan fingerprint density at radius 2 is 1.34 bits per heavy atom. The van der Waals surface area contributed by atoms with Crippen LogP contribution in [-0.2, 0) is 6.42 Å². The molecule has 1 fully saturated rings. The molecule has 2 heteroatoms. The van der Waals surface area contributed by atoms with Gasteiger partial charge in [0, 0.05) is 0 Å². The molecule has 2 aromatic carbocycles. The van der Waals surface area contributed by atoms with Crippen LogP contribution in [0.1, 0.15) is 93.4 Å². The lowest BCUT2D eigenvalue weighted by molar-refractivity contribution is 0.303. The third kappa shape index (κ3) is 6.96. The van der Waals surface area contributed by atoms with Crippen LogP contribution < -0.4 is 0 Å². The van der Waals surface area contributed by atoms with Gasteiger partial charge in [0.25, 0.3) is 0 Å². The molecule has 0 unspecified atom stereocenters. The molecule has 154 valence electrons. The van der Waals surface area contributed by atoms with E-state index in [9.17, 15) is 0 Å². The molecule has 2 aromatic rings. The van der Waals surface area contributed by atoms with E-state index in [1.807, 2.05) is 12.4 Å². The Labute approximate surface area is 177 Å². The predicted molar refractivity (Wildman–Crippen MR) is 126 cm³/mol. The zero-order valence-electron chi connectivity index (χ0n) is 18.2. The first kappa shape index (κ1) is 21.5. The van der Waals surface area contributed by atoms with E-state index >= 15 is 0 Å². The van der Waals surface area contributed by atoms with Crippen molar-refractivity contribution in [2.45, 2.75) is 77.6 Å². The Hall–Kier alpha value is -2.22. The number of hydrogen-bond donors (Lipinski definition) is 0. The van der Waals surface area contributed by atoms with E-state index in [1.54, 1.807) is 0 Å². The van der Waals surface area contributed by atoms with Gasteiger partial charge in [-0.3, -0.25) is 0 Å². The van der Waals surface area contributed by atoms with Crippen LogP contribution in [0.25, 0.3) is 0 Å². The lowest BCUT2D eigenvalue weighted by Gasteiger charge is -2.29. The maximum Gasteiger partial charge on any atom is 0.0568 e. The third-order valence-corrected chi connectivity index (χ3v) is 6.34. The monoisotopic (exact) mass is 388 g/mol. The average molecular weight is 389 g/mol. The zero-order chi connectivity index (χ0) is 20.3. The molecule has 0 radical (unpaired) electrons. The fourth-order valence-corrected chi connectivity index (χ4v) is 4.36. The minimum Gasteiger partial charge on any atom is -0.159 e. The van der Waals surface area contributed by atoms with Crippen LogP contribution in [-0.4, -0.2) is 12.4 Å². The normalized spacial score (nSPS) is 19.9. The van der Waals surface area contributed by atoms with Crippen molar-refractivity contribution in [3.05, 3.63) is 70.8 Å². The second kappa shape index (κ2) is 11.7. The van der Waals surface area contributed by atoms with E-state index in [1.165, 1.54) is 62.5 Å². The number of hydrogen-bond acceptors (Lipinski definition) is 2. The fourth-order valence-electron chi connectivity index (χ4n) is 4.36. The summed E-state index contributed by atoms with van der Waals surface area (Å²) in [5.41, 5.74) is 5.03. The van der Waals surface area contributed by atoms with Crippen LogP contribution in [0, 0.1) is 5.92 Å². The maximum atomic E-state index is 4.21. The van der Waals surface area contributed by atoms with Gasteiger partial charge in [0.15, 0.2) is 0 Å². The van der Waals surface area contributed by atoms with Gasteiger partial charge in [0.05, 0.1) is 12.4 Å². The fraction of sp³-hybridized carbons (Fsp3) is 0.481. The first-order valence-electron chi connectivity index (χ1n) is 11.5. The molecular weight excluding hydrogens is 352 g/mol. The van der Waals surface area contributed by atoms with Crippen molar-refractivity contribution >= 4 is 12.4 Å². The van der Waals surface area contributed by atoms with Gasteiger partial charge in [-0.2, -0.15) is 10.2 Å². The number of aryl methyl sites for hydroxylation is 1. The van der Waals surface area contributed by atoms with Crippen LogP contribution in [0.15, 0.2) is 58.7 Å². The van der Waals surface area contributed by atoms with Crippen LogP contribution in [0.4, 0.5) is 0 Å². The molecule has 0 aliphatic heterocycles. The molecule has 0 heterocycles. The molecule has 2 nitrogen and oxygen atoms in total. The molecule has 0 aromatic heterocycles. The Balaban J connectivity index is 1.46. The van der Waals surface area contributed by atoms with Crippen molar-refractivity contribution in [1.82, 2.24) is 0 Å². The molecule has 1 aliphatic rings. The quantitative estimate of drug-likeness (QED) is 0.240. The zero-order valence-corrected chi connectivity index (χ0v) is 18.2. The highest BCUT2D eigenvalue weighted by Gasteiger charge is 2.21. The molecule has 0 amide bonds. The van der Waals surface area contributed by atoms with Crippen LogP contribution >= 0.6 is 0 Å². The molecular formula is C27H36N2. The lowest BCUT2D eigenvalue weighted by Crippen LogP contribution is -2.13. The second-order valence-corrected chi connectivity index (χ2v) is 8.46. The Kier molecular flexibility index (Phi) is 8.67. The summed E-state index contributed by atoms with van der Waals surface area (Å²) in [5, 5.41) is 8.40. The van der Waals surface area contributed by atoms with E-state index in [2.05, 4.69) is 72.6 Å². The summed E-state index contributed by atoms with van der Waals surface area (Å²) in [6, 6.07) is 17.4. The van der Waals surface area contributed by atoms with Crippen LogP contribution in [0.2, 0.25) is 0 Å². The van der Waals surface area contributed by atoms with Gasteiger partial charge in [-0.1, -0.05) is 88.1 Å². The van der Waals surface area contributed by atoms with Crippen molar-refractivity contribution < 1.29 is 0 Å². The summed E-state index contributed by atoms with van der Waals surface area (Å²) in [5.74, 6) is 1.72. The van der Waals surface area contributed by atoms with Gasteiger partial charge in [0.2, 0.25) is 0 Å². The summed E-state index contributed by atoms with van der Waals surface area (Å²) in [4.78, 5) is 0. The van der Waals surface area contributed by atoms with Crippen molar-refractivity contribution in [3.63, 3.8) is 0 Å². The van der Waals surface area contributed by atoms with Crippen LogP contribution in [0.5, 0.6) is 0 Å². The van der Waals surface area contributed by atoms with Crippen LogP contribution in [0.3, 0.4) is 0 Å². The van der Waals surface area contributed by atoms with Gasteiger partial charge in [-0.05, 0) is 66.2 Å². The number of unbranched alkanes of at least 4 members (excludes halogenated alkanes) is 2. The molecule has 0 N–H and O–H groups in total. The minimum absolute atomic E-state index is 0.743. The van der Waals surface area contributed by atoms with Gasteiger partial charge in [-0.15, -0.1) is 0 Å². The van der Waals surface area contributed by atoms with Crippen molar-refractivity contribution in [1.29, 1.82) is 0 Å². The molecule has 29 heavy (non-hydrogen) atoms. The van der Waals surface area contributed by atoms with E-state index in [4.69, 9.17) is 0 Å². The van der Waals surface area contributed by atoms with E-state index in [-0.39, 0.29) is 0 Å². The summed E-state index contributed by atoms with van der Waals surface area (Å²) in [7, 11) is 0. The van der Waals surface area contributed by atoms with Gasteiger partial charge >= 0.3 is 0 Å². The standard InChI is InChI=1S/C27H36N2/c1-3-5-6-7-23-12-16-26(17-13-23)27-18-14-25(15-19-27)21-29-28-20-24-10-8-22(4-2)9-11-24/h8-11,14-15,18-21,23,26H,3-7,12-13,16-17H2,1-2H3/b28-20+,29-21+. The summed E-state index contributed by atoms with van der Waals surface area (Å²) >= 11 is 0. The Morgan fingerprint density at radius 1 is 0.759 bits per heavy atom. The van der Waals surface area contributed by atoms with E-state index < -0.39 is 0 Å². The predicted octanol–water partition coefficient (Wildman–Crippen LogP) is 7.56. The summed E-state index contributed by atoms with van der Waals surface area (Å²) in [6.45, 7) is 4.46. The Bertz CT molecular complexity index is 763. The number of rotatable bonds is 9. The molecule has 0 bridgehead atoms. The maximum absolute atomic E-state index is 4.21. The molecule has 0 atom stereocenters. The number of nitrogens with zero attached hydrogens (tertiary/aromatic N) is 2. The average Bonchev–Trinajstić information content (AvgIpc) is 2.78. The topological polar surface area (TPSA) is 24.7 Å². The first-order valence-corrected chi connectivity index (χ1v) is 11.5. The van der Waals surface area contributed by atoms with Gasteiger partial charge in [0.1, 0.15) is 0 Å². The highest BCUT2D eigenvalue weighted by Crippen LogP contribution is 2.37. The SMILES string of the molecule is CCCCCC1CCC(c2ccc(/C=N/N=C/c3ccc(CC)cc3)cc2)CC1. The lowest BCUT2D eigenvalue weighted by atomic mass is 9.77. The van der Waals surface area contributed by atoms with Crippen molar-refractivity contribution in [3.8, 4) is 0 Å². The molecule has 0 spiro atoms. The summed E-state index contributed by atoms with van der Waals surface area (Å²) < 4.78 is 0. The van der Waals surface area contributed by atoms with E-state index in [0.717, 1.165) is 29.4 Å². The Morgan fingerprint density at radius 3 is 1.90 bits per heavy atom.